The van der Waals surface area contributed by atoms with Crippen LogP contribution in [0.3, 0.4) is 0 Å². The molecular weight excluding hydrogens is 276 g/mol. The highest BCUT2D eigenvalue weighted by Crippen LogP contribution is 2.33. The summed E-state index contributed by atoms with van der Waals surface area (Å²) < 4.78 is 5.46. The van der Waals surface area contributed by atoms with E-state index < -0.39 is 17.4 Å². The molecule has 0 aliphatic carbocycles. The summed E-state index contributed by atoms with van der Waals surface area (Å²) in [5, 5.41) is 9.36. The van der Waals surface area contributed by atoms with Crippen molar-refractivity contribution >= 4 is 34.9 Å². The second-order valence-electron chi connectivity index (χ2n) is 3.84. The zero-order valence-corrected chi connectivity index (χ0v) is 11.8. The highest BCUT2D eigenvalue weighted by atomic mass is 35.5. The lowest BCUT2D eigenvalue weighted by Gasteiger charge is -2.25. The van der Waals surface area contributed by atoms with Gasteiger partial charge in [0.2, 0.25) is 0 Å². The first-order chi connectivity index (χ1) is 8.46. The van der Waals surface area contributed by atoms with Crippen LogP contribution < -0.4 is 0 Å². The standard InChI is InChI=1S/C12H15ClO4S/c1-3-12(10(14)15,11(16)17-4-2)7-8-5-6-9(13)18-8/h5-6H,3-4,7H2,1-2H3,(H,14,15). The molecular formula is C12H15ClO4S. The molecule has 6 heteroatoms. The van der Waals surface area contributed by atoms with E-state index in [0.29, 0.717) is 4.34 Å². The molecule has 1 unspecified atom stereocenters. The Labute approximate surface area is 115 Å². The average molecular weight is 291 g/mol. The van der Waals surface area contributed by atoms with E-state index in [9.17, 15) is 14.7 Å². The van der Waals surface area contributed by atoms with Crippen LogP contribution in [0.25, 0.3) is 0 Å². The zero-order valence-electron chi connectivity index (χ0n) is 10.2. The lowest BCUT2D eigenvalue weighted by atomic mass is 9.81. The fraction of sp³-hybridized carbons (Fsp3) is 0.500. The summed E-state index contributed by atoms with van der Waals surface area (Å²) in [6.07, 6.45) is 0.283. The molecule has 4 nitrogen and oxygen atoms in total. The van der Waals surface area contributed by atoms with E-state index in [4.69, 9.17) is 16.3 Å². The van der Waals surface area contributed by atoms with Crippen LogP contribution in [0.1, 0.15) is 25.1 Å². The summed E-state index contributed by atoms with van der Waals surface area (Å²) >= 11 is 7.08. The summed E-state index contributed by atoms with van der Waals surface area (Å²) in [4.78, 5) is 24.1. The number of thiophene rings is 1. The van der Waals surface area contributed by atoms with Crippen LogP contribution in [-0.2, 0) is 20.7 Å². The molecule has 0 aliphatic heterocycles. The molecule has 1 aromatic heterocycles. The van der Waals surface area contributed by atoms with Gasteiger partial charge in [0.25, 0.3) is 0 Å². The lowest BCUT2D eigenvalue weighted by Crippen LogP contribution is -2.42. The normalized spacial score (nSPS) is 13.9. The van der Waals surface area contributed by atoms with Gasteiger partial charge in [-0.3, -0.25) is 9.59 Å². The number of esters is 1. The first-order valence-electron chi connectivity index (χ1n) is 5.61. The van der Waals surface area contributed by atoms with E-state index in [0.717, 1.165) is 4.88 Å². The smallest absolute Gasteiger partial charge is 0.323 e. The first-order valence-corrected chi connectivity index (χ1v) is 6.80. The Morgan fingerprint density at radius 2 is 2.11 bits per heavy atom. The third-order valence-electron chi connectivity index (χ3n) is 2.78. The maximum Gasteiger partial charge on any atom is 0.323 e. The first kappa shape index (κ1) is 15.0. The number of aliphatic carboxylic acids is 1. The summed E-state index contributed by atoms with van der Waals surface area (Å²) in [6, 6.07) is 3.43. The quantitative estimate of drug-likeness (QED) is 0.646. The zero-order chi connectivity index (χ0) is 13.8. The van der Waals surface area contributed by atoms with Crippen LogP contribution in [0.15, 0.2) is 12.1 Å². The van der Waals surface area contributed by atoms with Crippen molar-refractivity contribution in [1.29, 1.82) is 0 Å². The van der Waals surface area contributed by atoms with Crippen molar-refractivity contribution in [3.05, 3.63) is 21.3 Å². The molecule has 0 spiro atoms. The molecule has 1 atom stereocenters. The van der Waals surface area contributed by atoms with Crippen LogP contribution >= 0.6 is 22.9 Å². The van der Waals surface area contributed by atoms with Gasteiger partial charge in [0.15, 0.2) is 5.41 Å². The molecule has 18 heavy (non-hydrogen) atoms. The van der Waals surface area contributed by atoms with Gasteiger partial charge >= 0.3 is 11.9 Å². The number of ether oxygens (including phenoxy) is 1. The van der Waals surface area contributed by atoms with Gasteiger partial charge in [0.05, 0.1) is 10.9 Å². The number of carbonyl (C=O) groups is 2. The van der Waals surface area contributed by atoms with Gasteiger partial charge in [-0.2, -0.15) is 0 Å². The maximum atomic E-state index is 11.9. The number of carboxylic acids is 1. The van der Waals surface area contributed by atoms with Crippen molar-refractivity contribution < 1.29 is 19.4 Å². The molecule has 1 heterocycles. The fourth-order valence-electron chi connectivity index (χ4n) is 1.67. The predicted octanol–water partition coefficient (Wildman–Crippen LogP) is 2.99. The van der Waals surface area contributed by atoms with E-state index in [2.05, 4.69) is 0 Å². The second kappa shape index (κ2) is 6.20. The summed E-state index contributed by atoms with van der Waals surface area (Å²) in [6.45, 7) is 3.49. The number of rotatable bonds is 6. The van der Waals surface area contributed by atoms with Crippen molar-refractivity contribution in [3.8, 4) is 0 Å². The summed E-state index contributed by atoms with van der Waals surface area (Å²) in [5.74, 6) is -1.85. The SMILES string of the molecule is CCOC(=O)C(CC)(Cc1ccc(Cl)s1)C(=O)O. The topological polar surface area (TPSA) is 63.6 Å². The molecule has 0 amide bonds. The van der Waals surface area contributed by atoms with E-state index in [1.54, 1.807) is 26.0 Å². The van der Waals surface area contributed by atoms with E-state index in [1.807, 2.05) is 0 Å². The van der Waals surface area contributed by atoms with E-state index in [-0.39, 0.29) is 19.4 Å². The van der Waals surface area contributed by atoms with Gasteiger partial charge in [-0.15, -0.1) is 11.3 Å². The van der Waals surface area contributed by atoms with E-state index >= 15 is 0 Å². The molecule has 1 N–H and O–H groups in total. The van der Waals surface area contributed by atoms with Crippen molar-refractivity contribution in [2.45, 2.75) is 26.7 Å². The number of carboxylic acid groups (broad SMARTS) is 1. The average Bonchev–Trinajstić information content (AvgIpc) is 2.71. The highest BCUT2D eigenvalue weighted by Gasteiger charge is 2.46. The van der Waals surface area contributed by atoms with Gasteiger partial charge in [0, 0.05) is 11.3 Å². The highest BCUT2D eigenvalue weighted by molar-refractivity contribution is 7.16. The Morgan fingerprint density at radius 1 is 1.44 bits per heavy atom. The molecule has 0 fully saturated rings. The molecule has 0 aromatic carbocycles. The Hall–Kier alpha value is -1.07. The molecule has 0 saturated heterocycles. The Bertz CT molecular complexity index is 443. The Morgan fingerprint density at radius 3 is 2.50 bits per heavy atom. The van der Waals surface area contributed by atoms with Crippen molar-refractivity contribution in [3.63, 3.8) is 0 Å². The van der Waals surface area contributed by atoms with Gasteiger partial charge in [-0.05, 0) is 25.5 Å². The molecule has 0 bridgehead atoms. The molecule has 0 radical (unpaired) electrons. The number of hydrogen-bond acceptors (Lipinski definition) is 4. The van der Waals surface area contributed by atoms with Crippen LogP contribution in [0.2, 0.25) is 4.34 Å². The van der Waals surface area contributed by atoms with Crippen molar-refractivity contribution in [1.82, 2.24) is 0 Å². The fourth-order valence-corrected chi connectivity index (χ4v) is 2.87. The summed E-state index contributed by atoms with van der Waals surface area (Å²) in [5.41, 5.74) is -1.52. The third kappa shape index (κ3) is 3.03. The minimum Gasteiger partial charge on any atom is -0.480 e. The number of carbonyl (C=O) groups excluding carboxylic acids is 1. The molecule has 0 aliphatic rings. The minimum absolute atomic E-state index is 0.106. The predicted molar refractivity (Wildman–Crippen MR) is 70.0 cm³/mol. The second-order valence-corrected chi connectivity index (χ2v) is 5.64. The molecule has 1 aromatic rings. The van der Waals surface area contributed by atoms with Gasteiger partial charge in [-0.1, -0.05) is 18.5 Å². The Kier molecular flexibility index (Phi) is 5.16. The molecule has 0 saturated carbocycles. The Balaban J connectivity index is 3.04. The maximum absolute atomic E-state index is 11.9. The summed E-state index contributed by atoms with van der Waals surface area (Å²) in [7, 11) is 0. The lowest BCUT2D eigenvalue weighted by molar-refractivity contribution is -0.168. The third-order valence-corrected chi connectivity index (χ3v) is 4.02. The number of halogens is 1. The van der Waals surface area contributed by atoms with Gasteiger partial charge in [-0.25, -0.2) is 0 Å². The van der Waals surface area contributed by atoms with Gasteiger partial charge in [0.1, 0.15) is 0 Å². The van der Waals surface area contributed by atoms with Gasteiger partial charge < -0.3 is 9.84 Å². The van der Waals surface area contributed by atoms with Crippen LogP contribution in [0.4, 0.5) is 0 Å². The van der Waals surface area contributed by atoms with E-state index in [1.165, 1.54) is 11.3 Å². The van der Waals surface area contributed by atoms with Crippen LogP contribution in [0.5, 0.6) is 0 Å². The monoisotopic (exact) mass is 290 g/mol. The largest absolute Gasteiger partial charge is 0.480 e. The molecule has 1 rings (SSSR count). The van der Waals surface area contributed by atoms with Crippen molar-refractivity contribution in [2.75, 3.05) is 6.61 Å². The van der Waals surface area contributed by atoms with Crippen molar-refractivity contribution in [2.24, 2.45) is 5.41 Å². The molecule has 100 valence electrons. The number of hydrogen-bond donors (Lipinski definition) is 1. The minimum atomic E-state index is -1.52. The van der Waals surface area contributed by atoms with Crippen LogP contribution in [-0.4, -0.2) is 23.7 Å². The van der Waals surface area contributed by atoms with Crippen LogP contribution in [0, 0.1) is 5.41 Å².